The largest absolute Gasteiger partial charge is 0.343 e. The van der Waals surface area contributed by atoms with Gasteiger partial charge in [0.2, 0.25) is 0 Å². The van der Waals surface area contributed by atoms with Gasteiger partial charge in [-0.25, -0.2) is 0 Å². The van der Waals surface area contributed by atoms with E-state index in [-0.39, 0.29) is 6.04 Å². The summed E-state index contributed by atoms with van der Waals surface area (Å²) in [4.78, 5) is 0. The van der Waals surface area contributed by atoms with E-state index in [9.17, 15) is 0 Å². The van der Waals surface area contributed by atoms with Crippen LogP contribution in [-0.2, 0) is 6.54 Å². The average molecular weight is 216 g/mol. The molecule has 2 nitrogen and oxygen atoms in total. The lowest BCUT2D eigenvalue weighted by Gasteiger charge is -2.15. The zero-order valence-electron chi connectivity index (χ0n) is 10.3. The lowest BCUT2D eigenvalue weighted by atomic mass is 10.2. The number of nitrogens with two attached hydrogens (primary N) is 1. The molecule has 2 N–H and O–H groups in total. The molecule has 0 amide bonds. The van der Waals surface area contributed by atoms with Crippen molar-refractivity contribution in [1.29, 1.82) is 0 Å². The van der Waals surface area contributed by atoms with Crippen molar-refractivity contribution in [2.24, 2.45) is 11.7 Å². The highest BCUT2D eigenvalue weighted by Crippen LogP contribution is 2.24. The lowest BCUT2D eigenvalue weighted by molar-refractivity contribution is 0.512. The Hall–Kier alpha value is -1.28. The Morgan fingerprint density at radius 1 is 1.19 bits per heavy atom. The van der Waals surface area contributed by atoms with E-state index < -0.39 is 0 Å². The molecular formula is C14H20N2. The first-order valence-electron chi connectivity index (χ1n) is 5.93. The Bertz CT molecular complexity index is 480. The van der Waals surface area contributed by atoms with Crippen LogP contribution in [0.4, 0.5) is 0 Å². The molecule has 0 saturated heterocycles. The number of benzene rings is 1. The topological polar surface area (TPSA) is 30.9 Å². The summed E-state index contributed by atoms with van der Waals surface area (Å²) in [5, 5.41) is 1.29. The van der Waals surface area contributed by atoms with E-state index in [0.717, 1.165) is 6.54 Å². The third-order valence-corrected chi connectivity index (χ3v) is 2.86. The molecule has 2 rings (SSSR count). The zero-order valence-corrected chi connectivity index (χ0v) is 10.3. The normalized spacial score (nSPS) is 13.6. The molecule has 0 bridgehead atoms. The molecule has 0 saturated carbocycles. The van der Waals surface area contributed by atoms with Crippen molar-refractivity contribution in [3.8, 4) is 0 Å². The SMILES string of the molecule is CC(C)Cn1c(C(C)N)cc2ccccc21. The molecule has 1 aromatic carbocycles. The summed E-state index contributed by atoms with van der Waals surface area (Å²) in [6.07, 6.45) is 0. The fourth-order valence-corrected chi connectivity index (χ4v) is 2.18. The van der Waals surface area contributed by atoms with Gasteiger partial charge in [0.05, 0.1) is 0 Å². The third-order valence-electron chi connectivity index (χ3n) is 2.86. The maximum atomic E-state index is 6.03. The molecule has 0 fully saturated rings. The van der Waals surface area contributed by atoms with Crippen LogP contribution in [0.25, 0.3) is 10.9 Å². The van der Waals surface area contributed by atoms with E-state index in [1.807, 2.05) is 6.92 Å². The molecular weight excluding hydrogens is 196 g/mol. The predicted molar refractivity (Wildman–Crippen MR) is 69.4 cm³/mol. The molecule has 0 spiro atoms. The van der Waals surface area contributed by atoms with Gasteiger partial charge in [-0.3, -0.25) is 0 Å². The van der Waals surface area contributed by atoms with Crippen LogP contribution in [0, 0.1) is 5.92 Å². The fraction of sp³-hybridized carbons (Fsp3) is 0.429. The zero-order chi connectivity index (χ0) is 11.7. The second-order valence-electron chi connectivity index (χ2n) is 4.92. The Morgan fingerprint density at radius 3 is 2.50 bits per heavy atom. The van der Waals surface area contributed by atoms with Gasteiger partial charge in [-0.2, -0.15) is 0 Å². The van der Waals surface area contributed by atoms with E-state index in [4.69, 9.17) is 5.73 Å². The molecule has 2 aromatic rings. The van der Waals surface area contributed by atoms with Gasteiger partial charge in [0.25, 0.3) is 0 Å². The summed E-state index contributed by atoms with van der Waals surface area (Å²) < 4.78 is 2.35. The van der Waals surface area contributed by atoms with Gasteiger partial charge in [0.1, 0.15) is 0 Å². The molecule has 2 heteroatoms. The number of para-hydroxylation sites is 1. The van der Waals surface area contributed by atoms with Crippen molar-refractivity contribution < 1.29 is 0 Å². The van der Waals surface area contributed by atoms with E-state index in [2.05, 4.69) is 48.7 Å². The molecule has 16 heavy (non-hydrogen) atoms. The van der Waals surface area contributed by atoms with E-state index >= 15 is 0 Å². The van der Waals surface area contributed by atoms with Gasteiger partial charge in [-0.1, -0.05) is 32.0 Å². The van der Waals surface area contributed by atoms with Crippen LogP contribution >= 0.6 is 0 Å². The van der Waals surface area contributed by atoms with Crippen LogP contribution in [0.2, 0.25) is 0 Å². The van der Waals surface area contributed by atoms with E-state index in [0.29, 0.717) is 5.92 Å². The first-order chi connectivity index (χ1) is 7.59. The van der Waals surface area contributed by atoms with Gasteiger partial charge in [0, 0.05) is 23.8 Å². The van der Waals surface area contributed by atoms with Crippen molar-refractivity contribution >= 4 is 10.9 Å². The van der Waals surface area contributed by atoms with Gasteiger partial charge < -0.3 is 10.3 Å². The molecule has 1 unspecified atom stereocenters. The standard InChI is InChI=1S/C14H20N2/c1-10(2)9-16-13-7-5-4-6-12(13)8-14(16)11(3)15/h4-8,10-11H,9,15H2,1-3H3. The minimum Gasteiger partial charge on any atom is -0.343 e. The lowest BCUT2D eigenvalue weighted by Crippen LogP contribution is -2.14. The van der Waals surface area contributed by atoms with Crippen molar-refractivity contribution in [2.45, 2.75) is 33.4 Å². The van der Waals surface area contributed by atoms with Gasteiger partial charge >= 0.3 is 0 Å². The molecule has 86 valence electrons. The van der Waals surface area contributed by atoms with Gasteiger partial charge in [0.15, 0.2) is 0 Å². The molecule has 0 aliphatic heterocycles. The first kappa shape index (κ1) is 11.2. The number of aromatic nitrogens is 1. The van der Waals surface area contributed by atoms with Crippen LogP contribution in [0.1, 0.15) is 32.5 Å². The molecule has 1 atom stereocenters. The maximum Gasteiger partial charge on any atom is 0.0483 e. The summed E-state index contributed by atoms with van der Waals surface area (Å²) in [6, 6.07) is 10.8. The molecule has 1 aromatic heterocycles. The Balaban J connectivity index is 2.60. The first-order valence-corrected chi connectivity index (χ1v) is 5.93. The number of rotatable bonds is 3. The summed E-state index contributed by atoms with van der Waals surface area (Å²) in [6.45, 7) is 7.55. The van der Waals surface area contributed by atoms with Crippen molar-refractivity contribution in [3.63, 3.8) is 0 Å². The Morgan fingerprint density at radius 2 is 1.88 bits per heavy atom. The summed E-state index contributed by atoms with van der Waals surface area (Å²) in [5.41, 5.74) is 8.56. The minimum atomic E-state index is 0.0890. The quantitative estimate of drug-likeness (QED) is 0.838. The van der Waals surface area contributed by atoms with Crippen LogP contribution in [0.15, 0.2) is 30.3 Å². The van der Waals surface area contributed by atoms with Crippen LogP contribution in [0.3, 0.4) is 0 Å². The summed E-state index contributed by atoms with van der Waals surface area (Å²) in [7, 11) is 0. The number of nitrogens with zero attached hydrogens (tertiary/aromatic N) is 1. The minimum absolute atomic E-state index is 0.0890. The van der Waals surface area contributed by atoms with Crippen molar-refractivity contribution in [1.82, 2.24) is 4.57 Å². The van der Waals surface area contributed by atoms with Crippen LogP contribution in [0.5, 0.6) is 0 Å². The number of hydrogen-bond donors (Lipinski definition) is 1. The Kier molecular flexibility index (Phi) is 3.01. The highest BCUT2D eigenvalue weighted by Gasteiger charge is 2.12. The fourth-order valence-electron chi connectivity index (χ4n) is 2.18. The van der Waals surface area contributed by atoms with Gasteiger partial charge in [-0.05, 0) is 30.4 Å². The molecule has 0 aliphatic carbocycles. The second-order valence-corrected chi connectivity index (χ2v) is 4.92. The molecule has 0 aliphatic rings. The highest BCUT2D eigenvalue weighted by molar-refractivity contribution is 5.81. The van der Waals surface area contributed by atoms with E-state index in [1.165, 1.54) is 16.6 Å². The molecule has 0 radical (unpaired) electrons. The monoisotopic (exact) mass is 216 g/mol. The maximum absolute atomic E-state index is 6.03. The van der Waals surface area contributed by atoms with Crippen molar-refractivity contribution in [2.75, 3.05) is 0 Å². The number of hydrogen-bond acceptors (Lipinski definition) is 1. The smallest absolute Gasteiger partial charge is 0.0483 e. The predicted octanol–water partition coefficient (Wildman–Crippen LogP) is 3.32. The summed E-state index contributed by atoms with van der Waals surface area (Å²) in [5.74, 6) is 0.633. The van der Waals surface area contributed by atoms with Crippen LogP contribution in [-0.4, -0.2) is 4.57 Å². The second kappa shape index (κ2) is 4.30. The van der Waals surface area contributed by atoms with Crippen molar-refractivity contribution in [3.05, 3.63) is 36.0 Å². The average Bonchev–Trinajstić information content (AvgIpc) is 2.57. The molecule has 1 heterocycles. The van der Waals surface area contributed by atoms with Crippen LogP contribution < -0.4 is 5.73 Å². The van der Waals surface area contributed by atoms with Gasteiger partial charge in [-0.15, -0.1) is 0 Å². The summed E-state index contributed by atoms with van der Waals surface area (Å²) >= 11 is 0. The highest BCUT2D eigenvalue weighted by atomic mass is 15.0. The Labute approximate surface area is 97.1 Å². The number of fused-ring (bicyclic) bond motifs is 1. The third kappa shape index (κ3) is 1.98. The van der Waals surface area contributed by atoms with E-state index in [1.54, 1.807) is 0 Å².